The van der Waals surface area contributed by atoms with Gasteiger partial charge in [-0.15, -0.1) is 11.8 Å². The van der Waals surface area contributed by atoms with E-state index in [0.29, 0.717) is 6.42 Å². The standard InChI is InChI=1S/C30H36ClN3O7S/c1-42-21-12-13-23(31)22(15-21)28(38)33-24(14-19-8-4-2-5-9-19)29(39)34-25(27(37)30(40)32-16-26(35)36)18-41-17-20-10-6-3-7-11-20/h3,6-7,10-13,15,19,24-25H,2,4-5,8-9,14,16-18H2,1H3,(H,32,40)(H,33,38)(H,34,39)(H,35,36)/t24-,25?/m1/s1. The lowest BCUT2D eigenvalue weighted by molar-refractivity contribution is -0.143. The van der Waals surface area contributed by atoms with Gasteiger partial charge >= 0.3 is 5.97 Å². The molecule has 0 radical (unpaired) electrons. The average Bonchev–Trinajstić information content (AvgIpc) is 2.99. The van der Waals surface area contributed by atoms with Crippen LogP contribution in [0.4, 0.5) is 0 Å². The summed E-state index contributed by atoms with van der Waals surface area (Å²) in [5, 5.41) is 16.5. The smallest absolute Gasteiger partial charge is 0.322 e. The van der Waals surface area contributed by atoms with Crippen molar-refractivity contribution < 1.29 is 33.8 Å². The zero-order valence-electron chi connectivity index (χ0n) is 23.4. The third-order valence-electron chi connectivity index (χ3n) is 6.99. The number of benzene rings is 2. The van der Waals surface area contributed by atoms with Crippen LogP contribution in [0.5, 0.6) is 0 Å². The number of aliphatic carboxylic acids is 1. The first-order valence-electron chi connectivity index (χ1n) is 13.8. The topological polar surface area (TPSA) is 151 Å². The van der Waals surface area contributed by atoms with Gasteiger partial charge in [0, 0.05) is 4.90 Å². The van der Waals surface area contributed by atoms with Gasteiger partial charge in [-0.1, -0.05) is 74.0 Å². The molecule has 1 fully saturated rings. The maximum Gasteiger partial charge on any atom is 0.322 e. The Bertz CT molecular complexity index is 1250. The number of hydrogen-bond acceptors (Lipinski definition) is 7. The number of hydrogen-bond donors (Lipinski definition) is 4. The molecule has 0 bridgehead atoms. The molecule has 12 heteroatoms. The Kier molecular flexibility index (Phi) is 13.3. The number of Topliss-reactive ketones (excluding diaryl/α,β-unsaturated/α-hetero) is 1. The SMILES string of the molecule is CSc1ccc(Cl)c(C(=O)N[C@H](CC2CCCCC2)C(=O)NC(COCc2ccccc2)C(=O)C(=O)NCC(=O)O)c1. The number of carbonyl (C=O) groups excluding carboxylic acids is 4. The molecule has 2 aromatic carbocycles. The van der Waals surface area contributed by atoms with Crippen molar-refractivity contribution in [2.75, 3.05) is 19.4 Å². The third-order valence-corrected chi connectivity index (χ3v) is 8.04. The maximum absolute atomic E-state index is 13.6. The number of ether oxygens (including phenoxy) is 1. The molecule has 3 amide bonds. The van der Waals surface area contributed by atoms with Crippen molar-refractivity contribution in [3.05, 3.63) is 64.7 Å². The van der Waals surface area contributed by atoms with E-state index >= 15 is 0 Å². The first kappa shape index (κ1) is 33.1. The summed E-state index contributed by atoms with van der Waals surface area (Å²) in [5.74, 6) is -4.55. The first-order chi connectivity index (χ1) is 20.2. The van der Waals surface area contributed by atoms with Gasteiger partial charge in [0.15, 0.2) is 0 Å². The normalized spacial score (nSPS) is 14.8. The van der Waals surface area contributed by atoms with Gasteiger partial charge in [-0.05, 0) is 42.4 Å². The minimum absolute atomic E-state index is 0.115. The van der Waals surface area contributed by atoms with Crippen LogP contribution < -0.4 is 16.0 Å². The molecule has 10 nitrogen and oxygen atoms in total. The predicted octanol–water partition coefficient (Wildman–Crippen LogP) is 3.60. The molecule has 1 aliphatic carbocycles. The first-order valence-corrected chi connectivity index (χ1v) is 15.4. The van der Waals surface area contributed by atoms with Crippen LogP contribution in [0.3, 0.4) is 0 Å². The molecule has 42 heavy (non-hydrogen) atoms. The van der Waals surface area contributed by atoms with Crippen molar-refractivity contribution in [1.82, 2.24) is 16.0 Å². The van der Waals surface area contributed by atoms with Crippen LogP contribution in [0.15, 0.2) is 53.4 Å². The fourth-order valence-corrected chi connectivity index (χ4v) is 5.40. The van der Waals surface area contributed by atoms with Crippen molar-refractivity contribution in [2.45, 2.75) is 62.1 Å². The molecular weight excluding hydrogens is 582 g/mol. The summed E-state index contributed by atoms with van der Waals surface area (Å²) in [5.41, 5.74) is 1.04. The number of halogens is 1. The highest BCUT2D eigenvalue weighted by molar-refractivity contribution is 7.98. The van der Waals surface area contributed by atoms with Crippen molar-refractivity contribution in [1.29, 1.82) is 0 Å². The van der Waals surface area contributed by atoms with E-state index < -0.39 is 48.1 Å². The minimum atomic E-state index is -1.41. The Balaban J connectivity index is 1.79. The van der Waals surface area contributed by atoms with Crippen molar-refractivity contribution in [3.63, 3.8) is 0 Å². The molecule has 2 aromatic rings. The molecule has 1 aliphatic rings. The molecule has 0 saturated heterocycles. The lowest BCUT2D eigenvalue weighted by Gasteiger charge is -2.28. The molecule has 0 aliphatic heterocycles. The number of thioether (sulfide) groups is 1. The second-order valence-corrected chi connectivity index (χ2v) is 11.4. The lowest BCUT2D eigenvalue weighted by Crippen LogP contribution is -2.56. The van der Waals surface area contributed by atoms with E-state index in [4.69, 9.17) is 21.4 Å². The van der Waals surface area contributed by atoms with Gasteiger partial charge in [-0.25, -0.2) is 0 Å². The summed E-state index contributed by atoms with van der Waals surface area (Å²) in [4.78, 5) is 64.1. The largest absolute Gasteiger partial charge is 0.480 e. The Hall–Kier alpha value is -3.41. The van der Waals surface area contributed by atoms with Crippen LogP contribution >= 0.6 is 23.4 Å². The van der Waals surface area contributed by atoms with E-state index in [0.717, 1.165) is 42.6 Å². The third kappa shape index (κ3) is 10.5. The van der Waals surface area contributed by atoms with Crippen LogP contribution in [0, 0.1) is 5.92 Å². The van der Waals surface area contributed by atoms with E-state index in [2.05, 4.69) is 10.6 Å². The summed E-state index contributed by atoms with van der Waals surface area (Å²) in [6, 6.07) is 11.8. The number of nitrogens with one attached hydrogen (secondary N) is 3. The number of ketones is 1. The maximum atomic E-state index is 13.6. The second kappa shape index (κ2) is 16.9. The average molecular weight is 618 g/mol. The van der Waals surface area contributed by atoms with Gasteiger partial charge in [0.1, 0.15) is 18.6 Å². The van der Waals surface area contributed by atoms with Gasteiger partial charge < -0.3 is 25.8 Å². The summed E-state index contributed by atoms with van der Waals surface area (Å²) in [7, 11) is 0. The highest BCUT2D eigenvalue weighted by atomic mass is 35.5. The molecule has 0 heterocycles. The molecule has 226 valence electrons. The predicted molar refractivity (Wildman–Crippen MR) is 159 cm³/mol. The number of rotatable bonds is 15. The van der Waals surface area contributed by atoms with E-state index in [1.165, 1.54) is 11.8 Å². The Morgan fingerprint density at radius 3 is 2.38 bits per heavy atom. The Morgan fingerprint density at radius 2 is 1.71 bits per heavy atom. The quantitative estimate of drug-likeness (QED) is 0.175. The van der Waals surface area contributed by atoms with Crippen molar-refractivity contribution in [3.8, 4) is 0 Å². The van der Waals surface area contributed by atoms with Crippen LogP contribution in [-0.2, 0) is 30.5 Å². The van der Waals surface area contributed by atoms with E-state index in [1.54, 1.807) is 18.2 Å². The van der Waals surface area contributed by atoms with Gasteiger partial charge in [-0.2, -0.15) is 0 Å². The highest BCUT2D eigenvalue weighted by Gasteiger charge is 2.32. The number of carbonyl (C=O) groups is 5. The van der Waals surface area contributed by atoms with Crippen LogP contribution in [0.25, 0.3) is 0 Å². The molecular formula is C30H36ClN3O7S. The lowest BCUT2D eigenvalue weighted by atomic mass is 9.84. The Morgan fingerprint density at radius 1 is 1.00 bits per heavy atom. The summed E-state index contributed by atoms with van der Waals surface area (Å²) in [6.45, 7) is -0.984. The molecule has 4 N–H and O–H groups in total. The number of carboxylic acids is 1. The summed E-state index contributed by atoms with van der Waals surface area (Å²) >= 11 is 7.75. The molecule has 2 atom stereocenters. The van der Waals surface area contributed by atoms with Gasteiger partial charge in [-0.3, -0.25) is 24.0 Å². The van der Waals surface area contributed by atoms with Crippen molar-refractivity contribution >= 4 is 52.8 Å². The van der Waals surface area contributed by atoms with Crippen molar-refractivity contribution in [2.24, 2.45) is 5.92 Å². The van der Waals surface area contributed by atoms with E-state index in [1.807, 2.05) is 41.9 Å². The van der Waals surface area contributed by atoms with Gasteiger partial charge in [0.05, 0.1) is 23.8 Å². The van der Waals surface area contributed by atoms with Crippen LogP contribution in [-0.4, -0.2) is 66.1 Å². The fourth-order valence-electron chi connectivity index (χ4n) is 4.75. The van der Waals surface area contributed by atoms with E-state index in [-0.39, 0.29) is 29.7 Å². The zero-order valence-corrected chi connectivity index (χ0v) is 25.0. The highest BCUT2D eigenvalue weighted by Crippen LogP contribution is 2.28. The number of amides is 3. The summed E-state index contributed by atoms with van der Waals surface area (Å²) in [6.07, 6.45) is 7.17. The van der Waals surface area contributed by atoms with Gasteiger partial charge in [0.2, 0.25) is 11.7 Å². The molecule has 1 saturated carbocycles. The number of carboxylic acid groups (broad SMARTS) is 1. The molecule has 0 aromatic heterocycles. The minimum Gasteiger partial charge on any atom is -0.480 e. The Labute approximate surface area is 254 Å². The van der Waals surface area contributed by atoms with Crippen LogP contribution in [0.1, 0.15) is 54.4 Å². The monoisotopic (exact) mass is 617 g/mol. The zero-order chi connectivity index (χ0) is 30.5. The van der Waals surface area contributed by atoms with E-state index in [9.17, 15) is 24.0 Å². The molecule has 3 rings (SSSR count). The summed E-state index contributed by atoms with van der Waals surface area (Å²) < 4.78 is 5.66. The molecule has 1 unspecified atom stereocenters. The van der Waals surface area contributed by atoms with Gasteiger partial charge in [0.25, 0.3) is 11.8 Å². The van der Waals surface area contributed by atoms with Crippen LogP contribution in [0.2, 0.25) is 5.02 Å². The fraction of sp³-hybridized carbons (Fsp3) is 0.433. The molecule has 0 spiro atoms. The second-order valence-electron chi connectivity index (χ2n) is 10.1.